The zero-order valence-electron chi connectivity index (χ0n) is 10.4. The molecule has 0 amide bonds. The average molecular weight is 338 g/mol. The third-order valence-corrected chi connectivity index (χ3v) is 4.34. The first-order valence-electron chi connectivity index (χ1n) is 6.35. The number of aromatic nitrogens is 1. The van der Waals surface area contributed by atoms with E-state index in [9.17, 15) is 0 Å². The highest BCUT2D eigenvalue weighted by Gasteiger charge is 2.25. The molecular weight excluding hydrogens is 324 g/mol. The molecule has 1 saturated heterocycles. The Bertz CT molecular complexity index is 574. The molecule has 1 aliphatic heterocycles. The zero-order chi connectivity index (χ0) is 13.2. The van der Waals surface area contributed by atoms with E-state index in [0.717, 1.165) is 23.4 Å². The van der Waals surface area contributed by atoms with Crippen molar-refractivity contribution in [2.24, 2.45) is 0 Å². The lowest BCUT2D eigenvalue weighted by molar-refractivity contribution is 0.774. The predicted molar refractivity (Wildman–Crippen MR) is 83.0 cm³/mol. The fraction of sp³-hybridized carbons (Fsp3) is 0.267. The van der Waals surface area contributed by atoms with Gasteiger partial charge in [-0.1, -0.05) is 41.9 Å². The van der Waals surface area contributed by atoms with E-state index >= 15 is 0 Å². The minimum Gasteiger partial charge on any atom is -0.355 e. The molecule has 2 nitrogen and oxygen atoms in total. The van der Waals surface area contributed by atoms with E-state index in [1.54, 1.807) is 6.20 Å². The van der Waals surface area contributed by atoms with Crippen molar-refractivity contribution in [3.63, 3.8) is 0 Å². The van der Waals surface area contributed by atoms with Crippen molar-refractivity contribution in [1.29, 1.82) is 0 Å². The molecule has 98 valence electrons. The van der Waals surface area contributed by atoms with Crippen LogP contribution in [0, 0.1) is 0 Å². The minimum absolute atomic E-state index is 0.588. The molecule has 0 spiro atoms. The third kappa shape index (κ3) is 2.77. The first-order chi connectivity index (χ1) is 9.24. The van der Waals surface area contributed by atoms with Crippen LogP contribution in [-0.4, -0.2) is 18.1 Å². The summed E-state index contributed by atoms with van der Waals surface area (Å²) in [6.45, 7) is 2.05. The molecule has 3 rings (SSSR count). The summed E-state index contributed by atoms with van der Waals surface area (Å²) in [6, 6.07) is 12.6. The minimum atomic E-state index is 0.588. The van der Waals surface area contributed by atoms with Gasteiger partial charge in [0, 0.05) is 25.2 Å². The summed E-state index contributed by atoms with van der Waals surface area (Å²) in [7, 11) is 0. The van der Waals surface area contributed by atoms with Gasteiger partial charge >= 0.3 is 0 Å². The van der Waals surface area contributed by atoms with Gasteiger partial charge < -0.3 is 4.90 Å². The number of hydrogen-bond donors (Lipinski definition) is 0. The second kappa shape index (κ2) is 5.51. The molecule has 0 radical (unpaired) electrons. The van der Waals surface area contributed by atoms with E-state index in [0.29, 0.717) is 10.9 Å². The van der Waals surface area contributed by atoms with Gasteiger partial charge in [-0.15, -0.1) is 0 Å². The van der Waals surface area contributed by atoms with E-state index in [1.807, 2.05) is 6.07 Å². The van der Waals surface area contributed by atoms with Crippen LogP contribution in [0.2, 0.25) is 5.02 Å². The lowest BCUT2D eigenvalue weighted by Crippen LogP contribution is -2.20. The Labute approximate surface area is 126 Å². The van der Waals surface area contributed by atoms with Crippen LogP contribution in [0.25, 0.3) is 0 Å². The van der Waals surface area contributed by atoms with Gasteiger partial charge in [-0.25, -0.2) is 4.98 Å². The van der Waals surface area contributed by atoms with E-state index in [2.05, 4.69) is 56.1 Å². The van der Waals surface area contributed by atoms with Crippen LogP contribution in [0.4, 0.5) is 5.82 Å². The number of benzene rings is 1. The Morgan fingerprint density at radius 2 is 2.05 bits per heavy atom. The SMILES string of the molecule is Clc1cnc(N2CCC(c3ccccc3)C2)c(Br)c1. The molecule has 0 N–H and O–H groups in total. The third-order valence-electron chi connectivity index (χ3n) is 3.55. The van der Waals surface area contributed by atoms with Crippen LogP contribution < -0.4 is 4.90 Å². The van der Waals surface area contributed by atoms with Crippen molar-refractivity contribution < 1.29 is 0 Å². The Morgan fingerprint density at radius 3 is 2.79 bits per heavy atom. The van der Waals surface area contributed by atoms with Crippen molar-refractivity contribution in [3.8, 4) is 0 Å². The van der Waals surface area contributed by atoms with Crippen molar-refractivity contribution in [2.75, 3.05) is 18.0 Å². The van der Waals surface area contributed by atoms with Crippen LogP contribution in [0.1, 0.15) is 17.9 Å². The van der Waals surface area contributed by atoms with Crippen molar-refractivity contribution >= 4 is 33.3 Å². The van der Waals surface area contributed by atoms with Gasteiger partial charge in [0.25, 0.3) is 0 Å². The van der Waals surface area contributed by atoms with E-state index in [1.165, 1.54) is 12.0 Å². The lowest BCUT2D eigenvalue weighted by Gasteiger charge is -2.19. The van der Waals surface area contributed by atoms with E-state index in [4.69, 9.17) is 11.6 Å². The van der Waals surface area contributed by atoms with E-state index in [-0.39, 0.29) is 0 Å². The first-order valence-corrected chi connectivity index (χ1v) is 7.52. The highest BCUT2D eigenvalue weighted by molar-refractivity contribution is 9.10. The number of halogens is 2. The van der Waals surface area contributed by atoms with Gasteiger partial charge in [0.2, 0.25) is 0 Å². The largest absolute Gasteiger partial charge is 0.355 e. The Balaban J connectivity index is 1.79. The summed E-state index contributed by atoms with van der Waals surface area (Å²) >= 11 is 9.48. The Kier molecular flexibility index (Phi) is 3.76. The van der Waals surface area contributed by atoms with Crippen molar-refractivity contribution in [3.05, 3.63) is 57.7 Å². The fourth-order valence-corrected chi connectivity index (χ4v) is 3.48. The second-order valence-corrected chi connectivity index (χ2v) is 6.09. The molecule has 1 aliphatic rings. The predicted octanol–water partition coefficient (Wildman–Crippen LogP) is 4.49. The smallest absolute Gasteiger partial charge is 0.142 e. The van der Waals surface area contributed by atoms with Gasteiger partial charge in [-0.05, 0) is 34.0 Å². The standard InChI is InChI=1S/C15H14BrClN2/c16-14-8-13(17)9-18-15(14)19-7-6-12(10-19)11-4-2-1-3-5-11/h1-5,8-9,12H,6-7,10H2. The van der Waals surface area contributed by atoms with E-state index < -0.39 is 0 Å². The molecule has 1 unspecified atom stereocenters. The molecule has 19 heavy (non-hydrogen) atoms. The Morgan fingerprint density at radius 1 is 1.26 bits per heavy atom. The summed E-state index contributed by atoms with van der Waals surface area (Å²) in [5.74, 6) is 1.58. The molecule has 0 saturated carbocycles. The molecule has 1 atom stereocenters. The van der Waals surface area contributed by atoms with Crippen LogP contribution in [0.5, 0.6) is 0 Å². The second-order valence-electron chi connectivity index (χ2n) is 4.80. The summed E-state index contributed by atoms with van der Waals surface area (Å²) in [5, 5.41) is 0.662. The summed E-state index contributed by atoms with van der Waals surface area (Å²) in [6.07, 6.45) is 2.87. The van der Waals surface area contributed by atoms with Crippen LogP contribution in [0.3, 0.4) is 0 Å². The topological polar surface area (TPSA) is 16.1 Å². The zero-order valence-corrected chi connectivity index (χ0v) is 12.7. The maximum absolute atomic E-state index is 5.94. The lowest BCUT2D eigenvalue weighted by atomic mass is 9.99. The maximum Gasteiger partial charge on any atom is 0.142 e. The molecule has 1 aromatic heterocycles. The first kappa shape index (κ1) is 12.9. The van der Waals surface area contributed by atoms with Gasteiger partial charge in [-0.3, -0.25) is 0 Å². The summed E-state index contributed by atoms with van der Waals surface area (Å²) in [4.78, 5) is 6.75. The molecular formula is C15H14BrClN2. The normalized spacial score (nSPS) is 18.8. The van der Waals surface area contributed by atoms with Crippen LogP contribution >= 0.6 is 27.5 Å². The van der Waals surface area contributed by atoms with Crippen molar-refractivity contribution in [2.45, 2.75) is 12.3 Å². The maximum atomic E-state index is 5.94. The molecule has 1 fully saturated rings. The highest BCUT2D eigenvalue weighted by atomic mass is 79.9. The van der Waals surface area contributed by atoms with Crippen LogP contribution in [-0.2, 0) is 0 Å². The summed E-state index contributed by atoms with van der Waals surface area (Å²) in [5.41, 5.74) is 1.41. The van der Waals surface area contributed by atoms with Crippen LogP contribution in [0.15, 0.2) is 47.1 Å². The highest BCUT2D eigenvalue weighted by Crippen LogP contribution is 2.33. The molecule has 2 aromatic rings. The van der Waals surface area contributed by atoms with Gasteiger partial charge in [0.1, 0.15) is 5.82 Å². The molecule has 0 aliphatic carbocycles. The quantitative estimate of drug-likeness (QED) is 0.802. The van der Waals surface area contributed by atoms with Crippen molar-refractivity contribution in [1.82, 2.24) is 4.98 Å². The van der Waals surface area contributed by atoms with Gasteiger partial charge in [-0.2, -0.15) is 0 Å². The molecule has 0 bridgehead atoms. The summed E-state index contributed by atoms with van der Waals surface area (Å²) < 4.78 is 0.966. The number of rotatable bonds is 2. The molecule has 4 heteroatoms. The number of pyridine rings is 1. The average Bonchev–Trinajstić information content (AvgIpc) is 2.89. The van der Waals surface area contributed by atoms with Gasteiger partial charge in [0.15, 0.2) is 0 Å². The monoisotopic (exact) mass is 336 g/mol. The number of anilines is 1. The number of nitrogens with zero attached hydrogens (tertiary/aromatic N) is 2. The van der Waals surface area contributed by atoms with Gasteiger partial charge in [0.05, 0.1) is 9.50 Å². The fourth-order valence-electron chi connectivity index (χ4n) is 2.59. The molecule has 2 heterocycles. The Hall–Kier alpha value is -1.06. The molecule has 1 aromatic carbocycles. The number of hydrogen-bond acceptors (Lipinski definition) is 2.